The van der Waals surface area contributed by atoms with Gasteiger partial charge in [-0.15, -0.1) is 0 Å². The van der Waals surface area contributed by atoms with Crippen molar-refractivity contribution in [2.75, 3.05) is 12.8 Å². The fourth-order valence-corrected chi connectivity index (χ4v) is 3.48. The van der Waals surface area contributed by atoms with E-state index in [9.17, 15) is 4.21 Å². The molecule has 70 valence electrons. The second kappa shape index (κ2) is 3.10. The predicted molar refractivity (Wildman–Crippen MR) is 57.5 cm³/mol. The van der Waals surface area contributed by atoms with Crippen LogP contribution in [0.5, 0.6) is 0 Å². The molecule has 0 amide bonds. The number of fused-ring (bicyclic) bond motifs is 1. The van der Waals surface area contributed by atoms with Crippen LogP contribution in [0.4, 0.5) is 0 Å². The summed E-state index contributed by atoms with van der Waals surface area (Å²) in [6.45, 7) is 0.679. The summed E-state index contributed by atoms with van der Waals surface area (Å²) in [6.07, 6.45) is 2.61. The molecule has 13 heavy (non-hydrogen) atoms. The summed E-state index contributed by atoms with van der Waals surface area (Å²) in [5.41, 5.74) is 1.16. The van der Waals surface area contributed by atoms with Gasteiger partial charge in [-0.25, -0.2) is 8.57 Å². The van der Waals surface area contributed by atoms with Gasteiger partial charge in [-0.3, -0.25) is 0 Å². The molecule has 0 aromatic heterocycles. The van der Waals surface area contributed by atoms with Gasteiger partial charge < -0.3 is 0 Å². The lowest BCUT2D eigenvalue weighted by molar-refractivity contribution is 0.673. The second-order valence-electron chi connectivity index (χ2n) is 3.16. The highest BCUT2D eigenvalue weighted by molar-refractivity contribution is 9.10. The van der Waals surface area contributed by atoms with Gasteiger partial charge in [0.05, 0.1) is 21.2 Å². The van der Waals surface area contributed by atoms with Crippen LogP contribution in [0, 0.1) is 0 Å². The molecule has 0 radical (unpaired) electrons. The molecule has 2 nitrogen and oxygen atoms in total. The van der Waals surface area contributed by atoms with Crippen molar-refractivity contribution in [3.63, 3.8) is 0 Å². The minimum Gasteiger partial charge on any atom is -0.245 e. The van der Waals surface area contributed by atoms with E-state index in [2.05, 4.69) is 20.3 Å². The summed E-state index contributed by atoms with van der Waals surface area (Å²) in [5.74, 6) is 0. The molecule has 0 aliphatic carbocycles. The first-order valence-corrected chi connectivity index (χ1v) is 6.77. The summed E-state index contributed by atoms with van der Waals surface area (Å²) in [4.78, 5) is 0.905. The lowest BCUT2D eigenvalue weighted by Crippen LogP contribution is -2.10. The van der Waals surface area contributed by atoms with Crippen molar-refractivity contribution in [3.8, 4) is 0 Å². The van der Waals surface area contributed by atoms with E-state index in [4.69, 9.17) is 0 Å². The zero-order chi connectivity index (χ0) is 9.47. The first-order chi connectivity index (χ1) is 6.09. The van der Waals surface area contributed by atoms with E-state index in [1.54, 1.807) is 6.26 Å². The fourth-order valence-electron chi connectivity index (χ4n) is 1.52. The number of benzene rings is 1. The molecule has 1 aromatic carbocycles. The third kappa shape index (κ3) is 1.65. The predicted octanol–water partition coefficient (Wildman–Crippen LogP) is 2.46. The maximum absolute atomic E-state index is 12.0. The van der Waals surface area contributed by atoms with Crippen LogP contribution in [-0.4, -0.2) is 17.0 Å². The van der Waals surface area contributed by atoms with E-state index >= 15 is 0 Å². The Hall–Kier alpha value is -0.350. The standard InChI is InChI=1S/C9H10BrNOS/c1-13(12)9-3-2-8(10)6-7(9)4-5-11-13/h2-3,6H,4-5H2,1H3. The van der Waals surface area contributed by atoms with Crippen molar-refractivity contribution in [2.24, 2.45) is 4.36 Å². The molecule has 4 heteroatoms. The van der Waals surface area contributed by atoms with E-state index in [0.29, 0.717) is 6.54 Å². The molecule has 0 saturated heterocycles. The quantitative estimate of drug-likeness (QED) is 0.704. The first-order valence-electron chi connectivity index (χ1n) is 4.06. The van der Waals surface area contributed by atoms with Crippen molar-refractivity contribution in [3.05, 3.63) is 28.2 Å². The normalized spacial score (nSPS) is 26.3. The highest BCUT2D eigenvalue weighted by Crippen LogP contribution is 2.25. The number of halogens is 1. The smallest absolute Gasteiger partial charge is 0.0725 e. The van der Waals surface area contributed by atoms with Crippen molar-refractivity contribution in [1.82, 2.24) is 0 Å². The fraction of sp³-hybridized carbons (Fsp3) is 0.333. The molecule has 1 atom stereocenters. The van der Waals surface area contributed by atoms with Crippen LogP contribution in [0.2, 0.25) is 0 Å². The van der Waals surface area contributed by atoms with Gasteiger partial charge in [0.25, 0.3) is 0 Å². The third-order valence-electron chi connectivity index (χ3n) is 2.15. The summed E-state index contributed by atoms with van der Waals surface area (Å²) in [5, 5.41) is 0. The minimum atomic E-state index is -2.10. The van der Waals surface area contributed by atoms with Crippen LogP contribution in [-0.2, 0) is 16.1 Å². The molecule has 0 spiro atoms. The molecule has 0 bridgehead atoms. The van der Waals surface area contributed by atoms with E-state index in [0.717, 1.165) is 21.4 Å². The number of hydrogen-bond acceptors (Lipinski definition) is 2. The lowest BCUT2D eigenvalue weighted by atomic mass is 10.1. The Labute approximate surface area is 86.7 Å². The highest BCUT2D eigenvalue weighted by atomic mass is 79.9. The average Bonchev–Trinajstić information content (AvgIpc) is 2.02. The molecule has 1 aliphatic rings. The Morgan fingerprint density at radius 3 is 3.08 bits per heavy atom. The Morgan fingerprint density at radius 1 is 1.54 bits per heavy atom. The van der Waals surface area contributed by atoms with Gasteiger partial charge >= 0.3 is 0 Å². The largest absolute Gasteiger partial charge is 0.245 e. The number of rotatable bonds is 0. The van der Waals surface area contributed by atoms with Crippen molar-refractivity contribution in [2.45, 2.75) is 11.3 Å². The van der Waals surface area contributed by atoms with E-state index < -0.39 is 9.73 Å². The molecule has 1 aromatic rings. The molecule has 0 saturated carbocycles. The molecular formula is C9H10BrNOS. The van der Waals surface area contributed by atoms with Crippen LogP contribution < -0.4 is 0 Å². The van der Waals surface area contributed by atoms with E-state index in [-0.39, 0.29) is 0 Å². The van der Waals surface area contributed by atoms with Gasteiger partial charge in [0, 0.05) is 10.7 Å². The van der Waals surface area contributed by atoms with Crippen LogP contribution >= 0.6 is 15.9 Å². The Balaban J connectivity index is 2.70. The maximum atomic E-state index is 12.0. The molecule has 0 N–H and O–H groups in total. The second-order valence-corrected chi connectivity index (χ2v) is 6.38. The van der Waals surface area contributed by atoms with E-state index in [1.165, 1.54) is 0 Å². The Bertz CT molecular complexity index is 461. The van der Waals surface area contributed by atoms with Crippen molar-refractivity contribution >= 4 is 25.7 Å². The molecule has 2 rings (SSSR count). The zero-order valence-electron chi connectivity index (χ0n) is 7.29. The van der Waals surface area contributed by atoms with E-state index in [1.807, 2.05) is 18.2 Å². The zero-order valence-corrected chi connectivity index (χ0v) is 9.69. The number of nitrogens with zero attached hydrogens (tertiary/aromatic N) is 1. The topological polar surface area (TPSA) is 29.4 Å². The van der Waals surface area contributed by atoms with Gasteiger partial charge in [0.2, 0.25) is 0 Å². The van der Waals surface area contributed by atoms with Crippen LogP contribution in [0.25, 0.3) is 0 Å². The average molecular weight is 260 g/mol. The van der Waals surface area contributed by atoms with Gasteiger partial charge in [-0.1, -0.05) is 15.9 Å². The molecule has 0 fully saturated rings. The van der Waals surface area contributed by atoms with Gasteiger partial charge in [0.15, 0.2) is 0 Å². The van der Waals surface area contributed by atoms with Crippen LogP contribution in [0.1, 0.15) is 5.56 Å². The summed E-state index contributed by atoms with van der Waals surface area (Å²) in [6, 6.07) is 5.86. The molecule has 1 unspecified atom stereocenters. The molecular weight excluding hydrogens is 250 g/mol. The molecule has 1 aliphatic heterocycles. The monoisotopic (exact) mass is 259 g/mol. The van der Waals surface area contributed by atoms with Crippen molar-refractivity contribution in [1.29, 1.82) is 0 Å². The Morgan fingerprint density at radius 2 is 2.31 bits per heavy atom. The third-order valence-corrected chi connectivity index (χ3v) is 4.53. The van der Waals surface area contributed by atoms with Crippen LogP contribution in [0.15, 0.2) is 31.9 Å². The summed E-state index contributed by atoms with van der Waals surface area (Å²) in [7, 11) is -2.10. The highest BCUT2D eigenvalue weighted by Gasteiger charge is 2.15. The lowest BCUT2D eigenvalue weighted by Gasteiger charge is -2.15. The summed E-state index contributed by atoms with van der Waals surface area (Å²) < 4.78 is 17.1. The number of hydrogen-bond donors (Lipinski definition) is 0. The Kier molecular flexibility index (Phi) is 2.20. The maximum Gasteiger partial charge on any atom is 0.0725 e. The van der Waals surface area contributed by atoms with Crippen LogP contribution in [0.3, 0.4) is 0 Å². The minimum absolute atomic E-state index is 0.679. The van der Waals surface area contributed by atoms with Gasteiger partial charge in [-0.2, -0.15) is 0 Å². The molecule has 1 heterocycles. The summed E-state index contributed by atoms with van der Waals surface area (Å²) >= 11 is 3.40. The van der Waals surface area contributed by atoms with Gasteiger partial charge in [-0.05, 0) is 30.2 Å². The SMILES string of the molecule is CS1(=O)=NCCc2cc(Br)ccc21. The van der Waals surface area contributed by atoms with Gasteiger partial charge in [0.1, 0.15) is 0 Å². The first kappa shape index (κ1) is 9.21. The van der Waals surface area contributed by atoms with Crippen molar-refractivity contribution < 1.29 is 4.21 Å².